The monoisotopic (exact) mass is 345 g/mol. The van der Waals surface area contributed by atoms with Gasteiger partial charge in [-0.2, -0.15) is 0 Å². The van der Waals surface area contributed by atoms with Crippen molar-refractivity contribution in [2.45, 2.75) is 44.9 Å². The molecule has 1 aromatic heterocycles. The van der Waals surface area contributed by atoms with Crippen molar-refractivity contribution in [1.82, 2.24) is 9.97 Å². The molecule has 0 saturated heterocycles. The first-order valence-electron chi connectivity index (χ1n) is 7.48. The van der Waals surface area contributed by atoms with Crippen LogP contribution in [0, 0.1) is 0 Å². The predicted octanol–water partition coefficient (Wildman–Crippen LogP) is 4.41. The van der Waals surface area contributed by atoms with Crippen LogP contribution in [0.25, 0.3) is 0 Å². The molecule has 110 valence electrons. The van der Waals surface area contributed by atoms with Crippen LogP contribution in [0.1, 0.15) is 61.2 Å². The maximum Gasteiger partial charge on any atom is 0.141 e. The third kappa shape index (κ3) is 2.69. The van der Waals surface area contributed by atoms with Crippen LogP contribution in [0.15, 0.2) is 28.7 Å². The van der Waals surface area contributed by atoms with Gasteiger partial charge in [0, 0.05) is 5.92 Å². The van der Waals surface area contributed by atoms with Crippen LogP contribution in [-0.4, -0.2) is 9.97 Å². The molecular weight excluding hydrogens is 326 g/mol. The first-order chi connectivity index (χ1) is 10.1. The van der Waals surface area contributed by atoms with Crippen LogP contribution < -0.4 is 5.73 Å². The highest BCUT2D eigenvalue weighted by Gasteiger charge is 2.25. The van der Waals surface area contributed by atoms with E-state index in [0.717, 1.165) is 28.8 Å². The average molecular weight is 346 g/mol. The van der Waals surface area contributed by atoms with Crippen molar-refractivity contribution in [3.8, 4) is 0 Å². The number of nitrogens with two attached hydrogens (primary N) is 1. The van der Waals surface area contributed by atoms with Gasteiger partial charge in [0.05, 0.1) is 10.2 Å². The van der Waals surface area contributed by atoms with Crippen LogP contribution in [0.2, 0.25) is 0 Å². The fraction of sp³-hybridized carbons (Fsp3) is 0.412. The van der Waals surface area contributed by atoms with E-state index in [2.05, 4.69) is 59.0 Å². The maximum absolute atomic E-state index is 6.09. The molecule has 2 aromatic rings. The summed E-state index contributed by atoms with van der Waals surface area (Å²) < 4.78 is 0.838. The molecule has 1 aliphatic carbocycles. The summed E-state index contributed by atoms with van der Waals surface area (Å²) in [6, 6.07) is 8.63. The molecule has 1 atom stereocenters. The summed E-state index contributed by atoms with van der Waals surface area (Å²) in [7, 11) is 0. The molecule has 0 bridgehead atoms. The molecule has 0 spiro atoms. The Balaban J connectivity index is 2.10. The molecule has 0 amide bonds. The Morgan fingerprint density at radius 1 is 1.24 bits per heavy atom. The fourth-order valence-electron chi connectivity index (χ4n) is 3.06. The summed E-state index contributed by atoms with van der Waals surface area (Å²) in [4.78, 5) is 9.38. The quantitative estimate of drug-likeness (QED) is 0.876. The first-order valence-corrected chi connectivity index (χ1v) is 8.27. The highest BCUT2D eigenvalue weighted by atomic mass is 79.9. The number of hydrogen-bond donors (Lipinski definition) is 1. The Kier molecular flexibility index (Phi) is 3.98. The van der Waals surface area contributed by atoms with Crippen molar-refractivity contribution >= 4 is 21.7 Å². The second-order valence-electron chi connectivity index (χ2n) is 5.96. The number of aromatic nitrogens is 2. The van der Waals surface area contributed by atoms with E-state index < -0.39 is 0 Å². The van der Waals surface area contributed by atoms with Crippen LogP contribution in [0.5, 0.6) is 0 Å². The van der Waals surface area contributed by atoms with Gasteiger partial charge in [-0.1, -0.05) is 38.1 Å². The van der Waals surface area contributed by atoms with Crippen molar-refractivity contribution in [1.29, 1.82) is 0 Å². The predicted molar refractivity (Wildman–Crippen MR) is 89.5 cm³/mol. The number of aryl methyl sites for hydroxylation is 1. The zero-order valence-corrected chi connectivity index (χ0v) is 14.0. The molecule has 0 saturated carbocycles. The van der Waals surface area contributed by atoms with Crippen molar-refractivity contribution < 1.29 is 0 Å². The number of hydrogen-bond acceptors (Lipinski definition) is 3. The minimum Gasteiger partial charge on any atom is -0.383 e. The van der Waals surface area contributed by atoms with Crippen molar-refractivity contribution in [3.63, 3.8) is 0 Å². The Morgan fingerprint density at radius 3 is 2.76 bits per heavy atom. The fourth-order valence-corrected chi connectivity index (χ4v) is 3.70. The molecule has 0 radical (unpaired) electrons. The Labute approximate surface area is 134 Å². The Hall–Kier alpha value is -1.42. The first kappa shape index (κ1) is 14.5. The molecule has 1 heterocycles. The lowest BCUT2D eigenvalue weighted by molar-refractivity contribution is 0.585. The van der Waals surface area contributed by atoms with Crippen LogP contribution >= 0.6 is 15.9 Å². The van der Waals surface area contributed by atoms with Gasteiger partial charge in [-0.25, -0.2) is 9.97 Å². The molecule has 1 aliphatic rings. The Morgan fingerprint density at radius 2 is 2.00 bits per heavy atom. The molecule has 1 unspecified atom stereocenters. The normalized spacial score (nSPS) is 17.8. The molecule has 1 aromatic carbocycles. The van der Waals surface area contributed by atoms with Gasteiger partial charge in [0.1, 0.15) is 11.6 Å². The number of nitrogen functional groups attached to an aromatic ring is 1. The lowest BCUT2D eigenvalue weighted by atomic mass is 9.82. The van der Waals surface area contributed by atoms with E-state index in [1.165, 1.54) is 17.5 Å². The summed E-state index contributed by atoms with van der Waals surface area (Å²) in [5.74, 6) is 2.00. The Bertz CT molecular complexity index is 667. The lowest BCUT2D eigenvalue weighted by Crippen LogP contribution is -2.16. The number of benzene rings is 1. The van der Waals surface area contributed by atoms with Gasteiger partial charge >= 0.3 is 0 Å². The average Bonchev–Trinajstić information content (AvgIpc) is 2.49. The molecule has 0 aliphatic heterocycles. The van der Waals surface area contributed by atoms with E-state index in [-0.39, 0.29) is 5.92 Å². The minimum absolute atomic E-state index is 0.267. The number of halogens is 1. The largest absolute Gasteiger partial charge is 0.383 e. The van der Waals surface area contributed by atoms with Gasteiger partial charge in [0.25, 0.3) is 0 Å². The SMILES string of the molecule is CC(C)c1nc(C2CCCc3ccccc32)nc(N)c1Br. The molecule has 4 heteroatoms. The number of anilines is 1. The second-order valence-corrected chi connectivity index (χ2v) is 6.76. The van der Waals surface area contributed by atoms with E-state index in [0.29, 0.717) is 11.7 Å². The summed E-state index contributed by atoms with van der Waals surface area (Å²) in [6.07, 6.45) is 3.42. The topological polar surface area (TPSA) is 51.8 Å². The minimum atomic E-state index is 0.267. The maximum atomic E-state index is 6.09. The van der Waals surface area contributed by atoms with Gasteiger partial charge in [-0.05, 0) is 52.2 Å². The van der Waals surface area contributed by atoms with Crippen molar-refractivity contribution in [2.75, 3.05) is 5.73 Å². The highest BCUT2D eigenvalue weighted by Crippen LogP contribution is 2.37. The van der Waals surface area contributed by atoms with Crippen molar-refractivity contribution in [3.05, 3.63) is 51.4 Å². The molecule has 21 heavy (non-hydrogen) atoms. The molecule has 3 rings (SSSR count). The molecule has 3 nitrogen and oxygen atoms in total. The van der Waals surface area contributed by atoms with Gasteiger partial charge < -0.3 is 5.73 Å². The smallest absolute Gasteiger partial charge is 0.141 e. The van der Waals surface area contributed by atoms with Gasteiger partial charge in [0.2, 0.25) is 0 Å². The summed E-state index contributed by atoms with van der Waals surface area (Å²) >= 11 is 3.52. The third-order valence-electron chi connectivity index (χ3n) is 4.15. The van der Waals surface area contributed by atoms with E-state index in [1.54, 1.807) is 0 Å². The number of nitrogens with zero attached hydrogens (tertiary/aromatic N) is 2. The van der Waals surface area contributed by atoms with Gasteiger partial charge in [0.15, 0.2) is 0 Å². The van der Waals surface area contributed by atoms with E-state index in [4.69, 9.17) is 10.7 Å². The number of fused-ring (bicyclic) bond motifs is 1. The zero-order chi connectivity index (χ0) is 15.0. The van der Waals surface area contributed by atoms with E-state index >= 15 is 0 Å². The van der Waals surface area contributed by atoms with Crippen LogP contribution in [0.4, 0.5) is 5.82 Å². The third-order valence-corrected chi connectivity index (χ3v) is 4.96. The summed E-state index contributed by atoms with van der Waals surface area (Å²) in [5.41, 5.74) is 9.87. The summed E-state index contributed by atoms with van der Waals surface area (Å²) in [6.45, 7) is 4.26. The van der Waals surface area contributed by atoms with Crippen LogP contribution in [-0.2, 0) is 6.42 Å². The van der Waals surface area contributed by atoms with Gasteiger partial charge in [-0.15, -0.1) is 0 Å². The molecule has 2 N–H and O–H groups in total. The second kappa shape index (κ2) is 5.76. The van der Waals surface area contributed by atoms with E-state index in [1.807, 2.05) is 0 Å². The number of rotatable bonds is 2. The van der Waals surface area contributed by atoms with Gasteiger partial charge in [-0.3, -0.25) is 0 Å². The van der Waals surface area contributed by atoms with E-state index in [9.17, 15) is 0 Å². The highest BCUT2D eigenvalue weighted by molar-refractivity contribution is 9.10. The summed E-state index contributed by atoms with van der Waals surface area (Å²) in [5, 5.41) is 0. The standard InChI is InChI=1S/C17H20BrN3/c1-10(2)15-14(18)16(19)21-17(20-15)13-9-5-7-11-6-3-4-8-12(11)13/h3-4,6,8,10,13H,5,7,9H2,1-2H3,(H2,19,20,21). The van der Waals surface area contributed by atoms with Crippen molar-refractivity contribution in [2.24, 2.45) is 0 Å². The molecular formula is C17H20BrN3. The lowest BCUT2D eigenvalue weighted by Gasteiger charge is -2.25. The molecule has 0 fully saturated rings. The zero-order valence-electron chi connectivity index (χ0n) is 12.4. The van der Waals surface area contributed by atoms with Crippen LogP contribution in [0.3, 0.4) is 0 Å².